The van der Waals surface area contributed by atoms with E-state index in [2.05, 4.69) is 15.3 Å². The molecular formula is C15H20ClN3O2. The van der Waals surface area contributed by atoms with Crippen molar-refractivity contribution in [2.75, 3.05) is 11.9 Å². The van der Waals surface area contributed by atoms with E-state index in [1.54, 1.807) is 6.92 Å². The third-order valence-electron chi connectivity index (χ3n) is 4.60. The largest absolute Gasteiger partial charge is 0.462 e. The smallest absolute Gasteiger partial charge is 0.343 e. The number of anilines is 1. The number of nitrogens with one attached hydrogen (secondary N) is 1. The molecule has 0 radical (unpaired) electrons. The highest BCUT2D eigenvalue weighted by molar-refractivity contribution is 6.28. The van der Waals surface area contributed by atoms with Crippen LogP contribution < -0.4 is 5.32 Å². The Bertz CT molecular complexity index is 536. The van der Waals surface area contributed by atoms with E-state index in [9.17, 15) is 4.79 Å². The number of carbonyl (C=O) groups excluding carboxylic acids is 1. The maximum Gasteiger partial charge on any atom is 0.343 e. The highest BCUT2D eigenvalue weighted by Gasteiger charge is 2.44. The zero-order valence-electron chi connectivity index (χ0n) is 12.2. The number of aromatic nitrogens is 2. The molecule has 2 aliphatic rings. The number of carbonyl (C=O) groups is 1. The molecule has 1 aromatic heterocycles. The standard InChI is InChI=1S/C15H20ClN3O2/c1-2-21-13(20)11-9-17-14(16)19-12(11)18-10-3-5-15(6-4-10)7-8-15/h9-10H,2-8H2,1H3,(H,17,18,19). The number of halogens is 1. The molecule has 3 rings (SSSR count). The Hall–Kier alpha value is -1.36. The van der Waals surface area contributed by atoms with Gasteiger partial charge in [0, 0.05) is 12.2 Å². The Morgan fingerprint density at radius 2 is 2.14 bits per heavy atom. The van der Waals surface area contributed by atoms with E-state index in [1.165, 1.54) is 31.9 Å². The quantitative estimate of drug-likeness (QED) is 0.682. The Morgan fingerprint density at radius 1 is 1.43 bits per heavy atom. The highest BCUT2D eigenvalue weighted by atomic mass is 35.5. The van der Waals surface area contributed by atoms with Crippen molar-refractivity contribution in [2.45, 2.75) is 51.5 Å². The first-order valence-electron chi connectivity index (χ1n) is 7.58. The molecular weight excluding hydrogens is 290 g/mol. The molecule has 0 bridgehead atoms. The van der Waals surface area contributed by atoms with Crippen LogP contribution in [0.2, 0.25) is 5.28 Å². The van der Waals surface area contributed by atoms with Gasteiger partial charge in [-0.15, -0.1) is 0 Å². The molecule has 0 unspecified atom stereocenters. The van der Waals surface area contributed by atoms with Gasteiger partial charge in [-0.2, -0.15) is 4.98 Å². The van der Waals surface area contributed by atoms with Crippen LogP contribution in [0, 0.1) is 5.41 Å². The van der Waals surface area contributed by atoms with E-state index in [0.717, 1.165) is 12.8 Å². The summed E-state index contributed by atoms with van der Waals surface area (Å²) < 4.78 is 5.04. The Labute approximate surface area is 129 Å². The number of hydrogen-bond donors (Lipinski definition) is 1. The molecule has 0 amide bonds. The van der Waals surface area contributed by atoms with Crippen molar-refractivity contribution in [1.82, 2.24) is 9.97 Å². The summed E-state index contributed by atoms with van der Waals surface area (Å²) in [5.74, 6) is 0.0799. The molecule has 0 atom stereocenters. The van der Waals surface area contributed by atoms with E-state index in [0.29, 0.717) is 29.4 Å². The minimum Gasteiger partial charge on any atom is -0.462 e. The average Bonchev–Trinajstić information content (AvgIpc) is 3.22. The number of esters is 1. The van der Waals surface area contributed by atoms with Crippen LogP contribution in [0.3, 0.4) is 0 Å². The van der Waals surface area contributed by atoms with Gasteiger partial charge in [0.2, 0.25) is 5.28 Å². The van der Waals surface area contributed by atoms with Crippen LogP contribution in [0.15, 0.2) is 6.20 Å². The van der Waals surface area contributed by atoms with E-state index in [-0.39, 0.29) is 5.28 Å². The van der Waals surface area contributed by atoms with Crippen LogP contribution in [0.25, 0.3) is 0 Å². The summed E-state index contributed by atoms with van der Waals surface area (Å²) in [4.78, 5) is 20.0. The lowest BCUT2D eigenvalue weighted by atomic mass is 9.83. The lowest BCUT2D eigenvalue weighted by Gasteiger charge is -2.29. The van der Waals surface area contributed by atoms with Gasteiger partial charge in [-0.1, -0.05) is 0 Å². The molecule has 1 aromatic rings. The molecule has 0 aliphatic heterocycles. The zero-order chi connectivity index (χ0) is 14.9. The number of ether oxygens (including phenoxy) is 1. The van der Waals surface area contributed by atoms with Gasteiger partial charge in [0.05, 0.1) is 6.61 Å². The van der Waals surface area contributed by atoms with E-state index in [4.69, 9.17) is 16.3 Å². The normalized spacial score (nSPS) is 20.3. The van der Waals surface area contributed by atoms with Gasteiger partial charge in [0.25, 0.3) is 0 Å². The molecule has 2 fully saturated rings. The zero-order valence-corrected chi connectivity index (χ0v) is 12.9. The lowest BCUT2D eigenvalue weighted by molar-refractivity contribution is 0.0526. The molecule has 0 aromatic carbocycles. The predicted octanol–water partition coefficient (Wildman–Crippen LogP) is 3.44. The van der Waals surface area contributed by atoms with Gasteiger partial charge in [0.1, 0.15) is 11.4 Å². The van der Waals surface area contributed by atoms with Crippen molar-refractivity contribution >= 4 is 23.4 Å². The summed E-state index contributed by atoms with van der Waals surface area (Å²) >= 11 is 5.86. The minimum absolute atomic E-state index is 0.139. The topological polar surface area (TPSA) is 64.1 Å². The second-order valence-corrected chi connectivity index (χ2v) is 6.38. The van der Waals surface area contributed by atoms with Crippen molar-refractivity contribution in [1.29, 1.82) is 0 Å². The van der Waals surface area contributed by atoms with E-state index >= 15 is 0 Å². The molecule has 1 heterocycles. The van der Waals surface area contributed by atoms with Crippen LogP contribution in [0.5, 0.6) is 0 Å². The molecule has 1 spiro atoms. The van der Waals surface area contributed by atoms with Crippen LogP contribution in [0.4, 0.5) is 5.82 Å². The van der Waals surface area contributed by atoms with E-state index in [1.807, 2.05) is 0 Å². The first-order chi connectivity index (χ1) is 10.1. The van der Waals surface area contributed by atoms with Gasteiger partial charge >= 0.3 is 5.97 Å². The molecule has 114 valence electrons. The van der Waals surface area contributed by atoms with Gasteiger partial charge in [-0.05, 0) is 62.5 Å². The van der Waals surface area contributed by atoms with Crippen molar-refractivity contribution in [3.05, 3.63) is 17.0 Å². The summed E-state index contributed by atoms with van der Waals surface area (Å²) in [5, 5.41) is 3.50. The summed E-state index contributed by atoms with van der Waals surface area (Å²) in [6.45, 7) is 2.10. The Balaban J connectivity index is 1.71. The molecule has 2 saturated carbocycles. The fraction of sp³-hybridized carbons (Fsp3) is 0.667. The van der Waals surface area contributed by atoms with E-state index < -0.39 is 5.97 Å². The monoisotopic (exact) mass is 309 g/mol. The molecule has 21 heavy (non-hydrogen) atoms. The van der Waals surface area contributed by atoms with Crippen molar-refractivity contribution in [3.8, 4) is 0 Å². The SMILES string of the molecule is CCOC(=O)c1cnc(Cl)nc1NC1CCC2(CC1)CC2. The average molecular weight is 310 g/mol. The summed E-state index contributed by atoms with van der Waals surface area (Å²) in [5.41, 5.74) is 0.999. The molecule has 6 heteroatoms. The summed E-state index contributed by atoms with van der Waals surface area (Å²) in [6, 6.07) is 0.343. The van der Waals surface area contributed by atoms with Crippen LogP contribution in [-0.4, -0.2) is 28.6 Å². The van der Waals surface area contributed by atoms with Gasteiger partial charge in [-0.3, -0.25) is 0 Å². The molecule has 1 N–H and O–H groups in total. The number of rotatable bonds is 4. The molecule has 2 aliphatic carbocycles. The summed E-state index contributed by atoms with van der Waals surface area (Å²) in [6.07, 6.45) is 8.95. The van der Waals surface area contributed by atoms with Crippen LogP contribution in [0.1, 0.15) is 55.8 Å². The maximum absolute atomic E-state index is 11.9. The third-order valence-corrected chi connectivity index (χ3v) is 4.78. The van der Waals surface area contributed by atoms with Crippen molar-refractivity contribution < 1.29 is 9.53 Å². The van der Waals surface area contributed by atoms with Crippen LogP contribution >= 0.6 is 11.6 Å². The molecule has 5 nitrogen and oxygen atoms in total. The lowest BCUT2D eigenvalue weighted by Crippen LogP contribution is -2.28. The fourth-order valence-electron chi connectivity index (χ4n) is 3.07. The Kier molecular flexibility index (Phi) is 4.02. The second kappa shape index (κ2) is 5.79. The fourth-order valence-corrected chi connectivity index (χ4v) is 3.21. The first kappa shape index (κ1) is 14.6. The maximum atomic E-state index is 11.9. The van der Waals surface area contributed by atoms with Crippen LogP contribution in [-0.2, 0) is 4.74 Å². The third kappa shape index (κ3) is 3.28. The van der Waals surface area contributed by atoms with Gasteiger partial charge in [-0.25, -0.2) is 9.78 Å². The number of hydrogen-bond acceptors (Lipinski definition) is 5. The van der Waals surface area contributed by atoms with Crippen molar-refractivity contribution in [2.24, 2.45) is 5.41 Å². The van der Waals surface area contributed by atoms with Gasteiger partial charge in [0.15, 0.2) is 0 Å². The second-order valence-electron chi connectivity index (χ2n) is 6.04. The van der Waals surface area contributed by atoms with Crippen molar-refractivity contribution in [3.63, 3.8) is 0 Å². The highest BCUT2D eigenvalue weighted by Crippen LogP contribution is 2.56. The minimum atomic E-state index is -0.411. The first-order valence-corrected chi connectivity index (χ1v) is 7.96. The molecule has 0 saturated heterocycles. The predicted molar refractivity (Wildman–Crippen MR) is 80.5 cm³/mol. The Morgan fingerprint density at radius 3 is 2.76 bits per heavy atom. The summed E-state index contributed by atoms with van der Waals surface area (Å²) in [7, 11) is 0. The van der Waals surface area contributed by atoms with Gasteiger partial charge < -0.3 is 10.1 Å². The number of nitrogens with zero attached hydrogens (tertiary/aromatic N) is 2.